The Balaban J connectivity index is 1.79. The number of furan rings is 1. The average Bonchev–Trinajstić information content (AvgIpc) is 3.45. The first-order valence-corrected chi connectivity index (χ1v) is 10.3. The smallest absolute Gasteiger partial charge is 0.310 e. The number of hydrazone groups is 1. The molecular weight excluding hydrogens is 482 g/mol. The lowest BCUT2D eigenvalue weighted by Gasteiger charge is -2.20. The lowest BCUT2D eigenvalue weighted by atomic mass is 9.97. The van der Waals surface area contributed by atoms with Gasteiger partial charge in [-0.3, -0.25) is 14.9 Å². The standard InChI is InChI=1S/C22H18BrN3O6/c1-30-18-8-7-13(11-20(18)31-2)15-12-17(14-5-3-4-6-16(14)26(28)29)25(24-15)22(27)19-9-10-21(23)32-19/h3-11,17H,12H2,1-2H3. The van der Waals surface area contributed by atoms with Crippen LogP contribution in [-0.2, 0) is 0 Å². The number of ether oxygens (including phenoxy) is 2. The van der Waals surface area contributed by atoms with Gasteiger partial charge in [-0.15, -0.1) is 0 Å². The number of nitro benzene ring substituents is 1. The van der Waals surface area contributed by atoms with Crippen LogP contribution in [0, 0.1) is 10.1 Å². The van der Waals surface area contributed by atoms with E-state index in [0.29, 0.717) is 33.0 Å². The molecule has 1 amide bonds. The minimum atomic E-state index is -0.684. The number of amides is 1. The predicted molar refractivity (Wildman–Crippen MR) is 119 cm³/mol. The summed E-state index contributed by atoms with van der Waals surface area (Å²) in [6.45, 7) is 0. The number of carbonyl (C=O) groups is 1. The molecule has 1 atom stereocenters. The Bertz CT molecular complexity index is 1220. The average molecular weight is 500 g/mol. The van der Waals surface area contributed by atoms with Gasteiger partial charge in [0.15, 0.2) is 21.9 Å². The van der Waals surface area contributed by atoms with Gasteiger partial charge in [0, 0.05) is 18.1 Å². The number of hydrogen-bond donors (Lipinski definition) is 0. The van der Waals surface area contributed by atoms with Crippen molar-refractivity contribution >= 4 is 33.2 Å². The second kappa shape index (κ2) is 8.83. The van der Waals surface area contributed by atoms with Crippen molar-refractivity contribution in [3.8, 4) is 11.5 Å². The normalized spacial score (nSPS) is 15.4. The predicted octanol–water partition coefficient (Wildman–Crippen LogP) is 4.96. The number of nitro groups is 1. The molecule has 0 aliphatic carbocycles. The highest BCUT2D eigenvalue weighted by atomic mass is 79.9. The zero-order valence-electron chi connectivity index (χ0n) is 17.1. The summed E-state index contributed by atoms with van der Waals surface area (Å²) in [5.74, 6) is 0.625. The zero-order chi connectivity index (χ0) is 22.8. The van der Waals surface area contributed by atoms with E-state index in [1.54, 1.807) is 42.5 Å². The monoisotopic (exact) mass is 499 g/mol. The number of rotatable bonds is 6. The highest BCUT2D eigenvalue weighted by Gasteiger charge is 2.38. The van der Waals surface area contributed by atoms with E-state index in [2.05, 4.69) is 21.0 Å². The summed E-state index contributed by atoms with van der Waals surface area (Å²) in [7, 11) is 3.07. The summed E-state index contributed by atoms with van der Waals surface area (Å²) in [6.07, 6.45) is 0.272. The maximum absolute atomic E-state index is 13.2. The molecule has 0 radical (unpaired) electrons. The van der Waals surface area contributed by atoms with Crippen molar-refractivity contribution < 1.29 is 23.6 Å². The first kappa shape index (κ1) is 21.6. The molecule has 0 N–H and O–H groups in total. The van der Waals surface area contributed by atoms with Gasteiger partial charge in [0.05, 0.1) is 36.5 Å². The Labute approximate surface area is 191 Å². The fourth-order valence-electron chi connectivity index (χ4n) is 3.61. The zero-order valence-corrected chi connectivity index (χ0v) is 18.7. The van der Waals surface area contributed by atoms with Crippen molar-refractivity contribution in [3.63, 3.8) is 0 Å². The van der Waals surface area contributed by atoms with Gasteiger partial charge < -0.3 is 13.9 Å². The van der Waals surface area contributed by atoms with Gasteiger partial charge in [-0.2, -0.15) is 5.10 Å². The van der Waals surface area contributed by atoms with Gasteiger partial charge in [0.1, 0.15) is 0 Å². The molecule has 32 heavy (non-hydrogen) atoms. The molecule has 2 aromatic carbocycles. The van der Waals surface area contributed by atoms with E-state index in [9.17, 15) is 14.9 Å². The molecule has 0 bridgehead atoms. The number of methoxy groups -OCH3 is 2. The Morgan fingerprint density at radius 1 is 1.16 bits per heavy atom. The molecule has 164 valence electrons. The summed E-state index contributed by atoms with van der Waals surface area (Å²) in [6, 6.07) is 14.1. The van der Waals surface area contributed by atoms with Crippen LogP contribution in [-0.4, -0.2) is 35.8 Å². The fourth-order valence-corrected chi connectivity index (χ4v) is 3.91. The van der Waals surface area contributed by atoms with Gasteiger partial charge in [-0.05, 0) is 52.3 Å². The van der Waals surface area contributed by atoms with Gasteiger partial charge in [-0.25, -0.2) is 5.01 Å². The van der Waals surface area contributed by atoms with E-state index < -0.39 is 16.9 Å². The van der Waals surface area contributed by atoms with Crippen LogP contribution >= 0.6 is 15.9 Å². The van der Waals surface area contributed by atoms with Crippen molar-refractivity contribution in [3.05, 3.63) is 86.3 Å². The Morgan fingerprint density at radius 3 is 2.56 bits per heavy atom. The molecule has 1 unspecified atom stereocenters. The number of carbonyl (C=O) groups excluding carboxylic acids is 1. The van der Waals surface area contributed by atoms with Crippen molar-refractivity contribution in [2.45, 2.75) is 12.5 Å². The summed E-state index contributed by atoms with van der Waals surface area (Å²) >= 11 is 3.19. The number of halogens is 1. The number of para-hydroxylation sites is 1. The molecule has 0 saturated heterocycles. The number of nitrogens with zero attached hydrogens (tertiary/aromatic N) is 3. The van der Waals surface area contributed by atoms with Crippen LogP contribution in [0.25, 0.3) is 0 Å². The lowest BCUT2D eigenvalue weighted by molar-refractivity contribution is -0.385. The van der Waals surface area contributed by atoms with Crippen LogP contribution in [0.3, 0.4) is 0 Å². The van der Waals surface area contributed by atoms with E-state index >= 15 is 0 Å². The SMILES string of the molecule is COc1ccc(C2=NN(C(=O)c3ccc(Br)o3)C(c3ccccc3[N+](=O)[O-])C2)cc1OC. The summed E-state index contributed by atoms with van der Waals surface area (Å²) in [5, 5.41) is 17.4. The molecule has 0 saturated carbocycles. The van der Waals surface area contributed by atoms with Crippen molar-refractivity contribution in [2.75, 3.05) is 14.2 Å². The van der Waals surface area contributed by atoms with Gasteiger partial charge in [0.2, 0.25) is 0 Å². The number of benzene rings is 2. The van der Waals surface area contributed by atoms with Crippen LogP contribution in [0.2, 0.25) is 0 Å². The Kier molecular flexibility index (Phi) is 5.95. The van der Waals surface area contributed by atoms with Crippen molar-refractivity contribution in [1.82, 2.24) is 5.01 Å². The molecule has 2 heterocycles. The first-order chi connectivity index (χ1) is 15.4. The Hall–Kier alpha value is -3.66. The molecule has 9 nitrogen and oxygen atoms in total. The summed E-state index contributed by atoms with van der Waals surface area (Å²) < 4.78 is 16.5. The lowest BCUT2D eigenvalue weighted by Crippen LogP contribution is -2.27. The highest BCUT2D eigenvalue weighted by Crippen LogP contribution is 2.39. The quantitative estimate of drug-likeness (QED) is 0.350. The molecular formula is C22H18BrN3O6. The third-order valence-electron chi connectivity index (χ3n) is 5.11. The second-order valence-electron chi connectivity index (χ2n) is 6.91. The van der Waals surface area contributed by atoms with E-state index in [1.165, 1.54) is 31.4 Å². The highest BCUT2D eigenvalue weighted by molar-refractivity contribution is 9.10. The fraction of sp³-hybridized carbons (Fsp3) is 0.182. The molecule has 1 aromatic heterocycles. The first-order valence-electron chi connectivity index (χ1n) is 9.55. The number of hydrogen-bond acceptors (Lipinski definition) is 7. The van der Waals surface area contributed by atoms with Crippen molar-refractivity contribution in [2.24, 2.45) is 5.10 Å². The molecule has 1 aliphatic rings. The van der Waals surface area contributed by atoms with Crippen LogP contribution in [0.15, 0.2) is 68.8 Å². The van der Waals surface area contributed by atoms with E-state index in [0.717, 1.165) is 0 Å². The largest absolute Gasteiger partial charge is 0.493 e. The van der Waals surface area contributed by atoms with E-state index in [4.69, 9.17) is 13.9 Å². The third-order valence-corrected chi connectivity index (χ3v) is 5.54. The summed E-state index contributed by atoms with van der Waals surface area (Å²) in [5.41, 5.74) is 1.59. The van der Waals surface area contributed by atoms with Crippen LogP contribution in [0.5, 0.6) is 11.5 Å². The Morgan fingerprint density at radius 2 is 1.91 bits per heavy atom. The van der Waals surface area contributed by atoms with Crippen LogP contribution in [0.1, 0.15) is 34.1 Å². The van der Waals surface area contributed by atoms with Gasteiger partial charge in [0.25, 0.3) is 5.69 Å². The molecule has 4 rings (SSSR count). The second-order valence-corrected chi connectivity index (χ2v) is 7.69. The molecule has 10 heteroatoms. The minimum Gasteiger partial charge on any atom is -0.493 e. The van der Waals surface area contributed by atoms with Crippen LogP contribution in [0.4, 0.5) is 5.69 Å². The molecule has 0 fully saturated rings. The van der Waals surface area contributed by atoms with E-state index in [1.807, 2.05) is 0 Å². The third kappa shape index (κ3) is 3.96. The molecule has 3 aromatic rings. The maximum atomic E-state index is 13.2. The summed E-state index contributed by atoms with van der Waals surface area (Å²) in [4.78, 5) is 24.4. The molecule has 1 aliphatic heterocycles. The van der Waals surface area contributed by atoms with Gasteiger partial charge >= 0.3 is 5.91 Å². The van der Waals surface area contributed by atoms with Crippen LogP contribution < -0.4 is 9.47 Å². The topological polar surface area (TPSA) is 107 Å². The van der Waals surface area contributed by atoms with Crippen molar-refractivity contribution in [1.29, 1.82) is 0 Å². The minimum absolute atomic E-state index is 0.0674. The van der Waals surface area contributed by atoms with Gasteiger partial charge in [-0.1, -0.05) is 12.1 Å². The van der Waals surface area contributed by atoms with E-state index in [-0.39, 0.29) is 17.9 Å². The maximum Gasteiger partial charge on any atom is 0.310 e. The molecule has 0 spiro atoms.